The number of amides is 1. The first-order chi connectivity index (χ1) is 16.5. The smallest absolute Gasteiger partial charge is 0.321 e. The Hall–Kier alpha value is -3.45. The second kappa shape index (κ2) is 9.06. The van der Waals surface area contributed by atoms with Crippen molar-refractivity contribution in [3.63, 3.8) is 0 Å². The zero-order valence-electron chi connectivity index (χ0n) is 19.4. The van der Waals surface area contributed by atoms with Crippen LogP contribution in [0.3, 0.4) is 0 Å². The van der Waals surface area contributed by atoms with Crippen molar-refractivity contribution in [2.24, 2.45) is 5.92 Å². The molecule has 3 aliphatic heterocycles. The maximum Gasteiger partial charge on any atom is 0.321 e. The monoisotopic (exact) mass is 460 g/mol. The number of carbonyl (C=O) groups is 2. The van der Waals surface area contributed by atoms with Crippen molar-refractivity contribution in [1.29, 1.82) is 0 Å². The number of nitrogens with one attached hydrogen (secondary N) is 1. The molecule has 0 spiro atoms. The third-order valence-electron chi connectivity index (χ3n) is 7.59. The van der Waals surface area contributed by atoms with E-state index in [9.17, 15) is 9.59 Å². The molecule has 0 unspecified atom stereocenters. The number of carbonyl (C=O) groups excluding carboxylic acids is 2. The highest BCUT2D eigenvalue weighted by Gasteiger charge is 2.50. The Bertz CT molecular complexity index is 1080. The molecule has 7 nitrogen and oxygen atoms in total. The van der Waals surface area contributed by atoms with Gasteiger partial charge in [-0.1, -0.05) is 65.8 Å². The Kier molecular flexibility index (Phi) is 5.96. The van der Waals surface area contributed by atoms with E-state index < -0.39 is 5.41 Å². The predicted molar refractivity (Wildman–Crippen MR) is 127 cm³/mol. The van der Waals surface area contributed by atoms with Crippen molar-refractivity contribution < 1.29 is 23.3 Å². The van der Waals surface area contributed by atoms with Crippen molar-refractivity contribution in [3.8, 4) is 0 Å². The van der Waals surface area contributed by atoms with Gasteiger partial charge in [0.15, 0.2) is 18.5 Å². The summed E-state index contributed by atoms with van der Waals surface area (Å²) in [7, 11) is 0. The van der Waals surface area contributed by atoms with Crippen molar-refractivity contribution >= 4 is 17.7 Å². The number of esters is 1. The van der Waals surface area contributed by atoms with Crippen LogP contribution in [0.4, 0.5) is 5.82 Å². The number of quaternary nitrogens is 1. The lowest BCUT2D eigenvalue weighted by Crippen LogP contribution is -2.66. The molecule has 0 radical (unpaired) electrons. The highest BCUT2D eigenvalue weighted by molar-refractivity contribution is 5.90. The minimum absolute atomic E-state index is 0.0993. The lowest BCUT2D eigenvalue weighted by atomic mass is 9.76. The maximum atomic E-state index is 13.8. The van der Waals surface area contributed by atoms with Crippen LogP contribution < -0.4 is 5.32 Å². The predicted octanol–water partition coefficient (Wildman–Crippen LogP) is 3.77. The van der Waals surface area contributed by atoms with Gasteiger partial charge in [0.05, 0.1) is 13.1 Å². The first-order valence-corrected chi connectivity index (χ1v) is 11.9. The average Bonchev–Trinajstić information content (AvgIpc) is 3.37. The van der Waals surface area contributed by atoms with Crippen LogP contribution >= 0.6 is 0 Å². The molecule has 34 heavy (non-hydrogen) atoms. The van der Waals surface area contributed by atoms with Gasteiger partial charge < -0.3 is 19.1 Å². The van der Waals surface area contributed by atoms with Crippen LogP contribution in [0.2, 0.25) is 0 Å². The van der Waals surface area contributed by atoms with Crippen LogP contribution in [-0.2, 0) is 19.7 Å². The molecule has 3 aromatic rings. The van der Waals surface area contributed by atoms with Crippen molar-refractivity contribution in [2.75, 3.05) is 31.5 Å². The number of nitrogens with zero attached hydrogens (tertiary/aromatic N) is 2. The second-order valence-corrected chi connectivity index (χ2v) is 9.70. The van der Waals surface area contributed by atoms with Gasteiger partial charge in [-0.05, 0) is 18.1 Å². The van der Waals surface area contributed by atoms with Gasteiger partial charge in [0.2, 0.25) is 0 Å². The van der Waals surface area contributed by atoms with Crippen LogP contribution in [0.15, 0.2) is 77.5 Å². The second-order valence-electron chi connectivity index (χ2n) is 9.70. The van der Waals surface area contributed by atoms with Gasteiger partial charge in [-0.25, -0.2) is 0 Å². The summed E-state index contributed by atoms with van der Waals surface area (Å²) in [6.07, 6.45) is 3.12. The van der Waals surface area contributed by atoms with Crippen LogP contribution in [0.5, 0.6) is 0 Å². The zero-order chi connectivity index (χ0) is 23.6. The van der Waals surface area contributed by atoms with E-state index in [0.717, 1.165) is 37.1 Å². The number of hydrogen-bond acceptors (Lipinski definition) is 5. The first-order valence-electron chi connectivity index (χ1n) is 11.9. The minimum Gasteiger partial charge on any atom is -0.455 e. The standard InChI is InChI=1S/C27H29N3O4/c1-27(21-8-4-2-5-9-21,22-10-6-3-7-11-22)26(32)34-23-18-30(15-12-20(23)13-16-30)19-25(31)28-24-14-17-33-29-24/h2-11,14,17,20,23H,12-13,15-16,18-19H2,1H3/p+1/t20?,23-,30?/m0/s1. The van der Waals surface area contributed by atoms with Gasteiger partial charge in [0.25, 0.3) is 5.91 Å². The number of rotatable bonds is 7. The quantitative estimate of drug-likeness (QED) is 0.429. The number of piperidine rings is 3. The summed E-state index contributed by atoms with van der Waals surface area (Å²) in [5.74, 6) is 0.407. The Morgan fingerprint density at radius 1 is 1.03 bits per heavy atom. The third kappa shape index (κ3) is 4.23. The lowest BCUT2D eigenvalue weighted by molar-refractivity contribution is -0.939. The molecule has 7 heteroatoms. The van der Waals surface area contributed by atoms with Gasteiger partial charge in [-0.2, -0.15) is 0 Å². The van der Waals surface area contributed by atoms with E-state index in [0.29, 0.717) is 29.3 Å². The average molecular weight is 461 g/mol. The summed E-state index contributed by atoms with van der Waals surface area (Å²) in [6, 6.07) is 21.2. The van der Waals surface area contributed by atoms with E-state index in [1.807, 2.05) is 67.6 Å². The normalized spacial score (nSPS) is 23.9. The van der Waals surface area contributed by atoms with Gasteiger partial charge in [-0.15, -0.1) is 0 Å². The van der Waals surface area contributed by atoms with E-state index in [1.165, 1.54) is 6.26 Å². The summed E-state index contributed by atoms with van der Waals surface area (Å²) in [5.41, 5.74) is 0.899. The molecule has 4 heterocycles. The Labute approximate surface area is 199 Å². The van der Waals surface area contributed by atoms with Crippen LogP contribution in [0.1, 0.15) is 30.9 Å². The first kappa shape index (κ1) is 22.3. The number of benzene rings is 2. The van der Waals surface area contributed by atoms with E-state index in [1.54, 1.807) is 6.07 Å². The van der Waals surface area contributed by atoms with Gasteiger partial charge in [-0.3, -0.25) is 9.59 Å². The summed E-state index contributed by atoms with van der Waals surface area (Å²) in [5, 5.41) is 6.56. The molecular formula is C27H30N3O4+. The molecule has 3 fully saturated rings. The molecule has 176 valence electrons. The van der Waals surface area contributed by atoms with Gasteiger partial charge in [0, 0.05) is 24.8 Å². The van der Waals surface area contributed by atoms with E-state index >= 15 is 0 Å². The fraction of sp³-hybridized carbons (Fsp3) is 0.370. The molecule has 2 aromatic carbocycles. The highest BCUT2D eigenvalue weighted by Crippen LogP contribution is 2.39. The van der Waals surface area contributed by atoms with Gasteiger partial charge in [0.1, 0.15) is 18.2 Å². The largest absolute Gasteiger partial charge is 0.455 e. The lowest BCUT2D eigenvalue weighted by Gasteiger charge is -2.51. The molecule has 2 bridgehead atoms. The third-order valence-corrected chi connectivity index (χ3v) is 7.59. The fourth-order valence-electron chi connectivity index (χ4n) is 5.54. The van der Waals surface area contributed by atoms with E-state index in [2.05, 4.69) is 10.5 Å². The zero-order valence-corrected chi connectivity index (χ0v) is 19.4. The van der Waals surface area contributed by atoms with Crippen LogP contribution in [0, 0.1) is 5.92 Å². The molecule has 0 aliphatic carbocycles. The Balaban J connectivity index is 1.34. The molecule has 6 rings (SSSR count). The molecule has 1 aromatic heterocycles. The van der Waals surface area contributed by atoms with Crippen LogP contribution in [0.25, 0.3) is 0 Å². The molecule has 3 saturated heterocycles. The summed E-state index contributed by atoms with van der Waals surface area (Å²) < 4.78 is 11.7. The molecule has 1 amide bonds. The topological polar surface area (TPSA) is 81.4 Å². The number of aromatic nitrogens is 1. The Morgan fingerprint density at radius 2 is 1.65 bits per heavy atom. The number of fused-ring (bicyclic) bond motifs is 3. The summed E-state index contributed by atoms with van der Waals surface area (Å²) in [4.78, 5) is 26.5. The number of hydrogen-bond donors (Lipinski definition) is 1. The minimum atomic E-state index is -0.913. The van der Waals surface area contributed by atoms with Crippen LogP contribution in [-0.4, -0.2) is 53.8 Å². The number of anilines is 1. The molecule has 1 atom stereocenters. The Morgan fingerprint density at radius 3 is 2.21 bits per heavy atom. The SMILES string of the molecule is CC(C(=O)O[C@H]1C[N+]2(CC(=O)Nc3ccon3)CCC1CC2)(c1ccccc1)c1ccccc1. The molecular weight excluding hydrogens is 430 g/mol. The van der Waals surface area contributed by atoms with E-state index in [-0.39, 0.29) is 18.0 Å². The van der Waals surface area contributed by atoms with Crippen molar-refractivity contribution in [1.82, 2.24) is 5.16 Å². The van der Waals surface area contributed by atoms with Gasteiger partial charge >= 0.3 is 5.97 Å². The van der Waals surface area contributed by atoms with Crippen molar-refractivity contribution in [3.05, 3.63) is 84.1 Å². The van der Waals surface area contributed by atoms with E-state index in [4.69, 9.17) is 9.26 Å². The maximum absolute atomic E-state index is 13.8. The molecule has 3 aliphatic rings. The molecule has 0 saturated carbocycles. The molecule has 1 N–H and O–H groups in total. The summed E-state index contributed by atoms with van der Waals surface area (Å²) in [6.45, 7) is 4.76. The number of ether oxygens (including phenoxy) is 1. The fourth-order valence-corrected chi connectivity index (χ4v) is 5.54. The summed E-state index contributed by atoms with van der Waals surface area (Å²) >= 11 is 0. The van der Waals surface area contributed by atoms with Crippen molar-refractivity contribution in [2.45, 2.75) is 31.3 Å². The highest BCUT2D eigenvalue weighted by atomic mass is 16.5.